The third-order valence-electron chi connectivity index (χ3n) is 5.79. The highest BCUT2D eigenvalue weighted by Gasteiger charge is 2.11. The SMILES string of the molecule is COc1ccc(Oc2ccc(CCNC[C@H](O)c3ccc(O)c(NC=O)c3)cc2)cc1CCN(C)C. The van der Waals surface area contributed by atoms with Crippen molar-refractivity contribution in [2.24, 2.45) is 0 Å². The van der Waals surface area contributed by atoms with Crippen LogP contribution < -0.4 is 20.1 Å². The van der Waals surface area contributed by atoms with Gasteiger partial charge in [0.15, 0.2) is 0 Å². The molecule has 8 nitrogen and oxygen atoms in total. The van der Waals surface area contributed by atoms with E-state index in [0.29, 0.717) is 25.1 Å². The zero-order valence-corrected chi connectivity index (χ0v) is 21.0. The maximum Gasteiger partial charge on any atom is 0.211 e. The molecule has 0 saturated heterocycles. The molecule has 3 rings (SSSR count). The van der Waals surface area contributed by atoms with Gasteiger partial charge in [-0.25, -0.2) is 0 Å². The monoisotopic (exact) mass is 493 g/mol. The Morgan fingerprint density at radius 2 is 1.75 bits per heavy atom. The van der Waals surface area contributed by atoms with Gasteiger partial charge in [0.25, 0.3) is 0 Å². The zero-order valence-electron chi connectivity index (χ0n) is 21.0. The Balaban J connectivity index is 1.48. The first-order valence-electron chi connectivity index (χ1n) is 11.9. The molecule has 0 radical (unpaired) electrons. The molecule has 3 aromatic carbocycles. The number of benzene rings is 3. The molecule has 4 N–H and O–H groups in total. The second-order valence-electron chi connectivity index (χ2n) is 8.78. The molecule has 0 spiro atoms. The zero-order chi connectivity index (χ0) is 25.9. The highest BCUT2D eigenvalue weighted by atomic mass is 16.5. The molecule has 0 aliphatic rings. The van der Waals surface area contributed by atoms with E-state index >= 15 is 0 Å². The quantitative estimate of drug-likeness (QED) is 0.154. The van der Waals surface area contributed by atoms with Crippen molar-refractivity contribution in [3.05, 3.63) is 77.4 Å². The van der Waals surface area contributed by atoms with E-state index in [1.54, 1.807) is 19.2 Å². The number of phenolic OH excluding ortho intramolecular Hbond substituents is 1. The lowest BCUT2D eigenvalue weighted by atomic mass is 10.1. The van der Waals surface area contributed by atoms with Gasteiger partial charge in [-0.1, -0.05) is 18.2 Å². The Kier molecular flexibility index (Phi) is 10.1. The van der Waals surface area contributed by atoms with Crippen LogP contribution in [0.2, 0.25) is 0 Å². The number of aliphatic hydroxyl groups excluding tert-OH is 1. The first-order chi connectivity index (χ1) is 17.4. The smallest absolute Gasteiger partial charge is 0.211 e. The highest BCUT2D eigenvalue weighted by molar-refractivity contribution is 5.75. The largest absolute Gasteiger partial charge is 0.506 e. The topological polar surface area (TPSA) is 103 Å². The Labute approximate surface area is 212 Å². The van der Waals surface area contributed by atoms with Crippen molar-refractivity contribution in [1.82, 2.24) is 10.2 Å². The molecule has 0 unspecified atom stereocenters. The summed E-state index contributed by atoms with van der Waals surface area (Å²) in [5.41, 5.74) is 3.13. The number of hydrogen-bond acceptors (Lipinski definition) is 7. The average molecular weight is 494 g/mol. The fourth-order valence-electron chi connectivity index (χ4n) is 3.75. The van der Waals surface area contributed by atoms with Gasteiger partial charge >= 0.3 is 0 Å². The second-order valence-corrected chi connectivity index (χ2v) is 8.78. The molecule has 0 aliphatic carbocycles. The molecule has 8 heteroatoms. The number of nitrogens with zero attached hydrogens (tertiary/aromatic N) is 1. The predicted octanol–water partition coefficient (Wildman–Crippen LogP) is 3.73. The van der Waals surface area contributed by atoms with Gasteiger partial charge in [0.1, 0.15) is 23.0 Å². The predicted molar refractivity (Wildman–Crippen MR) is 141 cm³/mol. The van der Waals surface area contributed by atoms with E-state index in [2.05, 4.69) is 15.5 Å². The van der Waals surface area contributed by atoms with E-state index in [4.69, 9.17) is 9.47 Å². The van der Waals surface area contributed by atoms with Gasteiger partial charge in [0.2, 0.25) is 6.41 Å². The second kappa shape index (κ2) is 13.5. The van der Waals surface area contributed by atoms with Crippen LogP contribution in [0.25, 0.3) is 0 Å². The number of amides is 1. The number of phenols is 1. The summed E-state index contributed by atoms with van der Waals surface area (Å²) < 4.78 is 11.5. The molecule has 1 atom stereocenters. The highest BCUT2D eigenvalue weighted by Crippen LogP contribution is 2.29. The minimum atomic E-state index is -0.763. The normalized spacial score (nSPS) is 11.8. The molecular weight excluding hydrogens is 458 g/mol. The van der Waals surface area contributed by atoms with E-state index in [0.717, 1.165) is 47.8 Å². The minimum absolute atomic E-state index is 0.0461. The number of ether oxygens (including phenoxy) is 2. The molecule has 0 saturated carbocycles. The minimum Gasteiger partial charge on any atom is -0.506 e. The van der Waals surface area contributed by atoms with Gasteiger partial charge in [0.05, 0.1) is 18.9 Å². The van der Waals surface area contributed by atoms with Crippen LogP contribution >= 0.6 is 0 Å². The van der Waals surface area contributed by atoms with Gasteiger partial charge in [-0.15, -0.1) is 0 Å². The van der Waals surface area contributed by atoms with E-state index in [1.807, 2.05) is 56.6 Å². The lowest BCUT2D eigenvalue weighted by Gasteiger charge is -2.15. The molecule has 0 bridgehead atoms. The number of methoxy groups -OCH3 is 1. The van der Waals surface area contributed by atoms with Gasteiger partial charge in [-0.05, 0) is 92.6 Å². The maximum atomic E-state index is 10.6. The van der Waals surface area contributed by atoms with Crippen LogP contribution in [-0.4, -0.2) is 62.4 Å². The van der Waals surface area contributed by atoms with Crippen LogP contribution in [0.15, 0.2) is 60.7 Å². The van der Waals surface area contributed by atoms with Crippen LogP contribution in [0, 0.1) is 0 Å². The summed E-state index contributed by atoms with van der Waals surface area (Å²) in [5.74, 6) is 2.35. The summed E-state index contributed by atoms with van der Waals surface area (Å²) in [6, 6.07) is 18.5. The van der Waals surface area contributed by atoms with Crippen LogP contribution in [0.5, 0.6) is 23.0 Å². The molecule has 36 heavy (non-hydrogen) atoms. The van der Waals surface area contributed by atoms with Crippen LogP contribution in [0.3, 0.4) is 0 Å². The number of likely N-dealkylation sites (N-methyl/N-ethyl adjacent to an activating group) is 1. The molecular formula is C28H35N3O5. The summed E-state index contributed by atoms with van der Waals surface area (Å²) >= 11 is 0. The summed E-state index contributed by atoms with van der Waals surface area (Å²) in [5, 5.41) is 25.8. The van der Waals surface area contributed by atoms with Gasteiger partial charge in [0, 0.05) is 13.1 Å². The summed E-state index contributed by atoms with van der Waals surface area (Å²) in [6.45, 7) is 1.95. The van der Waals surface area contributed by atoms with Crippen molar-refractivity contribution in [2.45, 2.75) is 18.9 Å². The van der Waals surface area contributed by atoms with Crippen LogP contribution in [-0.2, 0) is 17.6 Å². The van der Waals surface area contributed by atoms with Gasteiger partial charge in [-0.3, -0.25) is 4.79 Å². The molecule has 1 amide bonds. The number of rotatable bonds is 14. The molecule has 192 valence electrons. The number of anilines is 1. The number of nitrogens with one attached hydrogen (secondary N) is 2. The number of aliphatic hydroxyl groups is 1. The molecule has 3 aromatic rings. The maximum absolute atomic E-state index is 10.6. The van der Waals surface area contributed by atoms with E-state index in [-0.39, 0.29) is 11.4 Å². The fourth-order valence-corrected chi connectivity index (χ4v) is 3.75. The van der Waals surface area contributed by atoms with Crippen molar-refractivity contribution in [3.8, 4) is 23.0 Å². The number of hydrogen-bond donors (Lipinski definition) is 4. The Hall–Kier alpha value is -3.59. The Bertz CT molecular complexity index is 1120. The third-order valence-corrected chi connectivity index (χ3v) is 5.79. The Morgan fingerprint density at radius 3 is 2.44 bits per heavy atom. The van der Waals surface area contributed by atoms with Crippen molar-refractivity contribution < 1.29 is 24.5 Å². The van der Waals surface area contributed by atoms with Crippen molar-refractivity contribution in [1.29, 1.82) is 0 Å². The number of aromatic hydroxyl groups is 1. The lowest BCUT2D eigenvalue weighted by Crippen LogP contribution is -2.23. The molecule has 0 aliphatic heterocycles. The van der Waals surface area contributed by atoms with Crippen LogP contribution in [0.4, 0.5) is 5.69 Å². The molecule has 0 heterocycles. The first-order valence-corrected chi connectivity index (χ1v) is 11.9. The van der Waals surface area contributed by atoms with Crippen molar-refractivity contribution >= 4 is 12.1 Å². The fraction of sp³-hybridized carbons (Fsp3) is 0.321. The van der Waals surface area contributed by atoms with E-state index < -0.39 is 6.10 Å². The number of carbonyl (C=O) groups is 1. The molecule has 0 fully saturated rings. The summed E-state index contributed by atoms with van der Waals surface area (Å²) in [6.07, 6.45) is 1.39. The summed E-state index contributed by atoms with van der Waals surface area (Å²) in [4.78, 5) is 12.8. The van der Waals surface area contributed by atoms with E-state index in [1.165, 1.54) is 6.07 Å². The lowest BCUT2D eigenvalue weighted by molar-refractivity contribution is -0.105. The summed E-state index contributed by atoms with van der Waals surface area (Å²) in [7, 11) is 5.78. The van der Waals surface area contributed by atoms with Crippen molar-refractivity contribution in [2.75, 3.05) is 46.2 Å². The van der Waals surface area contributed by atoms with Gasteiger partial charge < -0.3 is 35.2 Å². The Morgan fingerprint density at radius 1 is 1.00 bits per heavy atom. The van der Waals surface area contributed by atoms with Gasteiger partial charge in [-0.2, -0.15) is 0 Å². The molecule has 0 aromatic heterocycles. The van der Waals surface area contributed by atoms with Crippen LogP contribution in [0.1, 0.15) is 22.8 Å². The van der Waals surface area contributed by atoms with E-state index in [9.17, 15) is 15.0 Å². The average Bonchev–Trinajstić information content (AvgIpc) is 2.87. The number of carbonyl (C=O) groups excluding carboxylic acids is 1. The first kappa shape index (κ1) is 27.0. The standard InChI is InChI=1S/C28H35N3O5/c1-31(2)15-13-22-16-24(9-11-28(22)35-3)36-23-7-4-20(5-8-23)12-14-29-18-27(34)21-6-10-26(33)25(17-21)30-19-32/h4-11,16-17,19,27,29,33-34H,12-15,18H2,1-3H3,(H,30,32)/t27-/m0/s1. The third kappa shape index (κ3) is 7.98. The van der Waals surface area contributed by atoms with Crippen molar-refractivity contribution in [3.63, 3.8) is 0 Å².